The van der Waals surface area contributed by atoms with Gasteiger partial charge in [0.1, 0.15) is 23.2 Å². The maximum atomic E-state index is 13.4. The highest BCUT2D eigenvalue weighted by molar-refractivity contribution is 6.07. The number of hydrogen-bond donors (Lipinski definition) is 2. The summed E-state index contributed by atoms with van der Waals surface area (Å²) in [6.07, 6.45) is 1.67. The number of amides is 1. The molecule has 0 bridgehead atoms. The summed E-state index contributed by atoms with van der Waals surface area (Å²) in [4.78, 5) is 25.6. The van der Waals surface area contributed by atoms with Crippen molar-refractivity contribution in [3.63, 3.8) is 0 Å². The molecular formula is C21H16FN5O. The topological polar surface area (TPSA) is 79.8 Å². The van der Waals surface area contributed by atoms with E-state index in [1.165, 1.54) is 18.2 Å². The number of fused-ring (bicyclic) bond motifs is 1. The molecule has 0 saturated carbocycles. The molecule has 0 saturated heterocycles. The van der Waals surface area contributed by atoms with E-state index in [0.717, 1.165) is 5.39 Å². The predicted octanol–water partition coefficient (Wildman–Crippen LogP) is 4.47. The average Bonchev–Trinajstić information content (AvgIpc) is 2.68. The highest BCUT2D eigenvalue weighted by Gasteiger charge is 2.13. The summed E-state index contributed by atoms with van der Waals surface area (Å²) in [7, 11) is 0. The first-order chi connectivity index (χ1) is 13.6. The molecule has 0 aliphatic heterocycles. The predicted molar refractivity (Wildman–Crippen MR) is 106 cm³/mol. The number of aryl methyl sites for hydroxylation is 1. The number of nitrogens with zero attached hydrogens (tertiary/aromatic N) is 3. The van der Waals surface area contributed by atoms with Crippen LogP contribution < -0.4 is 10.6 Å². The SMILES string of the molecule is Cc1nc(Nc2cccc(F)c2)cc(C(=O)Nc2cccc3cccnc23)n1. The molecule has 1 amide bonds. The van der Waals surface area contributed by atoms with Gasteiger partial charge >= 0.3 is 0 Å². The third-order valence-corrected chi connectivity index (χ3v) is 4.05. The van der Waals surface area contributed by atoms with Crippen molar-refractivity contribution >= 4 is 34.0 Å². The van der Waals surface area contributed by atoms with Gasteiger partial charge in [-0.3, -0.25) is 9.78 Å². The minimum Gasteiger partial charge on any atom is -0.340 e. The second-order valence-corrected chi connectivity index (χ2v) is 6.16. The molecule has 138 valence electrons. The highest BCUT2D eigenvalue weighted by atomic mass is 19.1. The van der Waals surface area contributed by atoms with Crippen molar-refractivity contribution < 1.29 is 9.18 Å². The van der Waals surface area contributed by atoms with E-state index in [9.17, 15) is 9.18 Å². The van der Waals surface area contributed by atoms with Crippen molar-refractivity contribution in [2.75, 3.05) is 10.6 Å². The maximum absolute atomic E-state index is 13.4. The maximum Gasteiger partial charge on any atom is 0.274 e. The molecular weight excluding hydrogens is 357 g/mol. The van der Waals surface area contributed by atoms with Crippen LogP contribution in [0.3, 0.4) is 0 Å². The van der Waals surface area contributed by atoms with Crippen LogP contribution >= 0.6 is 0 Å². The number of benzene rings is 2. The van der Waals surface area contributed by atoms with E-state index in [2.05, 4.69) is 25.6 Å². The Labute approximate surface area is 160 Å². The molecule has 2 N–H and O–H groups in total. The van der Waals surface area contributed by atoms with Crippen molar-refractivity contribution in [2.45, 2.75) is 6.92 Å². The number of para-hydroxylation sites is 1. The van der Waals surface area contributed by atoms with Crippen LogP contribution in [0.15, 0.2) is 66.9 Å². The van der Waals surface area contributed by atoms with Gasteiger partial charge in [0.05, 0.1) is 11.2 Å². The number of rotatable bonds is 4. The van der Waals surface area contributed by atoms with Gasteiger partial charge in [0.15, 0.2) is 0 Å². The number of carbonyl (C=O) groups excluding carboxylic acids is 1. The molecule has 0 spiro atoms. The molecule has 0 atom stereocenters. The van der Waals surface area contributed by atoms with Crippen LogP contribution in [-0.2, 0) is 0 Å². The molecule has 0 aliphatic carbocycles. The Hall–Kier alpha value is -3.87. The zero-order valence-corrected chi connectivity index (χ0v) is 15.0. The summed E-state index contributed by atoms with van der Waals surface area (Å²) < 4.78 is 13.4. The van der Waals surface area contributed by atoms with Crippen LogP contribution in [-0.4, -0.2) is 20.9 Å². The number of aromatic nitrogens is 3. The normalized spacial score (nSPS) is 10.6. The quantitative estimate of drug-likeness (QED) is 0.552. The Kier molecular flexibility index (Phi) is 4.63. The summed E-state index contributed by atoms with van der Waals surface area (Å²) in [5.41, 5.74) is 2.02. The molecule has 0 aliphatic rings. The number of anilines is 3. The first-order valence-electron chi connectivity index (χ1n) is 8.62. The van der Waals surface area contributed by atoms with Gasteiger partial charge in [0.2, 0.25) is 0 Å². The summed E-state index contributed by atoms with van der Waals surface area (Å²) in [5.74, 6) is 0.0741. The number of carbonyl (C=O) groups is 1. The van der Waals surface area contributed by atoms with E-state index in [-0.39, 0.29) is 17.4 Å². The van der Waals surface area contributed by atoms with Crippen molar-refractivity contribution in [3.8, 4) is 0 Å². The highest BCUT2D eigenvalue weighted by Crippen LogP contribution is 2.22. The Morgan fingerprint density at radius 1 is 1.00 bits per heavy atom. The van der Waals surface area contributed by atoms with Crippen LogP contribution in [0.4, 0.5) is 21.6 Å². The summed E-state index contributed by atoms with van der Waals surface area (Å²) in [5, 5.41) is 6.76. The first-order valence-corrected chi connectivity index (χ1v) is 8.62. The van der Waals surface area contributed by atoms with Crippen LogP contribution in [0.2, 0.25) is 0 Å². The summed E-state index contributed by atoms with van der Waals surface area (Å²) in [6, 6.07) is 16.8. The van der Waals surface area contributed by atoms with E-state index in [1.54, 1.807) is 31.3 Å². The van der Waals surface area contributed by atoms with Crippen LogP contribution in [0.5, 0.6) is 0 Å². The lowest BCUT2D eigenvalue weighted by molar-refractivity contribution is 0.102. The van der Waals surface area contributed by atoms with E-state index < -0.39 is 0 Å². The molecule has 28 heavy (non-hydrogen) atoms. The van der Waals surface area contributed by atoms with Gasteiger partial charge in [-0.05, 0) is 37.3 Å². The summed E-state index contributed by atoms with van der Waals surface area (Å²) in [6.45, 7) is 1.69. The van der Waals surface area contributed by atoms with Gasteiger partial charge in [-0.2, -0.15) is 0 Å². The van der Waals surface area contributed by atoms with Crippen molar-refractivity contribution in [1.29, 1.82) is 0 Å². The number of hydrogen-bond acceptors (Lipinski definition) is 5. The molecule has 2 heterocycles. The Balaban J connectivity index is 1.61. The molecule has 0 fully saturated rings. The first kappa shape index (κ1) is 17.5. The lowest BCUT2D eigenvalue weighted by Crippen LogP contribution is -2.15. The van der Waals surface area contributed by atoms with Crippen molar-refractivity contribution in [3.05, 3.63) is 84.2 Å². The van der Waals surface area contributed by atoms with Crippen LogP contribution in [0.1, 0.15) is 16.3 Å². The zero-order valence-electron chi connectivity index (χ0n) is 15.0. The Bertz CT molecular complexity index is 1170. The smallest absolute Gasteiger partial charge is 0.274 e. The monoisotopic (exact) mass is 373 g/mol. The van der Waals surface area contributed by atoms with Gasteiger partial charge in [0.25, 0.3) is 5.91 Å². The van der Waals surface area contributed by atoms with E-state index >= 15 is 0 Å². The van der Waals surface area contributed by atoms with E-state index in [4.69, 9.17) is 0 Å². The fraction of sp³-hybridized carbons (Fsp3) is 0.0476. The molecule has 0 radical (unpaired) electrons. The number of pyridine rings is 1. The summed E-state index contributed by atoms with van der Waals surface area (Å²) >= 11 is 0. The molecule has 2 aromatic heterocycles. The lowest BCUT2D eigenvalue weighted by Gasteiger charge is -2.10. The van der Waals surface area contributed by atoms with Crippen molar-refractivity contribution in [2.24, 2.45) is 0 Å². The third kappa shape index (κ3) is 3.78. The molecule has 4 aromatic rings. The van der Waals surface area contributed by atoms with Gasteiger partial charge in [-0.25, -0.2) is 14.4 Å². The largest absolute Gasteiger partial charge is 0.340 e. The van der Waals surface area contributed by atoms with Gasteiger partial charge in [-0.15, -0.1) is 0 Å². The zero-order chi connectivity index (χ0) is 19.5. The fourth-order valence-electron chi connectivity index (χ4n) is 2.85. The average molecular weight is 373 g/mol. The minimum atomic E-state index is -0.383. The fourth-order valence-corrected chi connectivity index (χ4v) is 2.85. The molecule has 7 heteroatoms. The molecule has 0 unspecified atom stereocenters. The molecule has 2 aromatic carbocycles. The Morgan fingerprint density at radius 3 is 2.68 bits per heavy atom. The van der Waals surface area contributed by atoms with Crippen LogP contribution in [0.25, 0.3) is 10.9 Å². The van der Waals surface area contributed by atoms with Gasteiger partial charge in [0, 0.05) is 23.3 Å². The standard InChI is InChI=1S/C21H16FN5O/c1-13-24-18(12-19(25-13)26-16-8-3-7-15(22)11-16)21(28)27-17-9-2-5-14-6-4-10-23-20(14)17/h2-12H,1H3,(H,27,28)(H,24,25,26). The third-order valence-electron chi connectivity index (χ3n) is 4.05. The van der Waals surface area contributed by atoms with Gasteiger partial charge < -0.3 is 10.6 Å². The van der Waals surface area contributed by atoms with Gasteiger partial charge in [-0.1, -0.05) is 24.3 Å². The van der Waals surface area contributed by atoms with Crippen molar-refractivity contribution in [1.82, 2.24) is 15.0 Å². The van der Waals surface area contributed by atoms with E-state index in [0.29, 0.717) is 28.5 Å². The number of nitrogens with one attached hydrogen (secondary N) is 2. The Morgan fingerprint density at radius 2 is 1.82 bits per heavy atom. The second kappa shape index (κ2) is 7.40. The minimum absolute atomic E-state index is 0.194. The van der Waals surface area contributed by atoms with E-state index in [1.807, 2.05) is 24.3 Å². The van der Waals surface area contributed by atoms with Crippen LogP contribution in [0, 0.1) is 12.7 Å². The second-order valence-electron chi connectivity index (χ2n) is 6.16. The molecule has 4 rings (SSSR count). The molecule has 6 nitrogen and oxygen atoms in total. The lowest BCUT2D eigenvalue weighted by atomic mass is 10.2. The number of halogens is 1.